The van der Waals surface area contributed by atoms with Gasteiger partial charge in [-0.3, -0.25) is 9.69 Å². The molecule has 22 heavy (non-hydrogen) atoms. The Bertz CT molecular complexity index is 561. The van der Waals surface area contributed by atoms with Gasteiger partial charge in [0.05, 0.1) is 16.7 Å². The molecule has 0 spiro atoms. The maximum absolute atomic E-state index is 13.1. The maximum Gasteiger partial charge on any atom is 0.255 e. The zero-order chi connectivity index (χ0) is 15.7. The number of carbonyl (C=O) groups is 1. The molecule has 0 aromatic heterocycles. The SMILES string of the molecule is O=C(c1ccc(F)cc1Cl)N1CCN([C@H]2CCC[C@H]2O)CC1. The van der Waals surface area contributed by atoms with Gasteiger partial charge in [0.1, 0.15) is 5.82 Å². The second-order valence-electron chi connectivity index (χ2n) is 6.02. The summed E-state index contributed by atoms with van der Waals surface area (Å²) in [5, 5.41) is 10.1. The zero-order valence-electron chi connectivity index (χ0n) is 12.3. The Kier molecular flexibility index (Phi) is 4.66. The average molecular weight is 327 g/mol. The van der Waals surface area contributed by atoms with Gasteiger partial charge in [-0.15, -0.1) is 0 Å². The minimum Gasteiger partial charge on any atom is -0.391 e. The average Bonchev–Trinajstić information content (AvgIpc) is 2.93. The van der Waals surface area contributed by atoms with Gasteiger partial charge in [-0.1, -0.05) is 11.6 Å². The van der Waals surface area contributed by atoms with Gasteiger partial charge in [0.2, 0.25) is 0 Å². The molecule has 6 heteroatoms. The molecule has 4 nitrogen and oxygen atoms in total. The second kappa shape index (κ2) is 6.52. The Morgan fingerprint density at radius 2 is 1.95 bits per heavy atom. The quantitative estimate of drug-likeness (QED) is 0.905. The third kappa shape index (κ3) is 3.12. The first-order valence-corrected chi connectivity index (χ1v) is 8.10. The molecule has 1 heterocycles. The van der Waals surface area contributed by atoms with Gasteiger partial charge in [-0.25, -0.2) is 4.39 Å². The van der Waals surface area contributed by atoms with E-state index in [1.807, 2.05) is 0 Å². The Morgan fingerprint density at radius 1 is 1.23 bits per heavy atom. The van der Waals surface area contributed by atoms with Crippen LogP contribution < -0.4 is 0 Å². The highest BCUT2D eigenvalue weighted by Crippen LogP contribution is 2.26. The van der Waals surface area contributed by atoms with E-state index in [2.05, 4.69) is 4.90 Å². The number of hydrogen-bond acceptors (Lipinski definition) is 3. The number of amides is 1. The highest BCUT2D eigenvalue weighted by molar-refractivity contribution is 6.33. The van der Waals surface area contributed by atoms with E-state index >= 15 is 0 Å². The summed E-state index contributed by atoms with van der Waals surface area (Å²) in [4.78, 5) is 16.5. The molecule has 2 fully saturated rings. The Labute approximate surface area is 134 Å². The van der Waals surface area contributed by atoms with Crippen LogP contribution in [-0.2, 0) is 0 Å². The van der Waals surface area contributed by atoms with E-state index in [-0.39, 0.29) is 23.1 Å². The fraction of sp³-hybridized carbons (Fsp3) is 0.562. The molecule has 3 rings (SSSR count). The smallest absolute Gasteiger partial charge is 0.255 e. The van der Waals surface area contributed by atoms with Crippen molar-refractivity contribution in [3.8, 4) is 0 Å². The maximum atomic E-state index is 13.1. The lowest BCUT2D eigenvalue weighted by atomic mass is 10.1. The van der Waals surface area contributed by atoms with Crippen molar-refractivity contribution < 1.29 is 14.3 Å². The molecule has 1 aliphatic heterocycles. The molecule has 1 saturated carbocycles. The largest absolute Gasteiger partial charge is 0.391 e. The van der Waals surface area contributed by atoms with Crippen molar-refractivity contribution in [1.29, 1.82) is 0 Å². The first-order valence-electron chi connectivity index (χ1n) is 7.72. The van der Waals surface area contributed by atoms with E-state index < -0.39 is 5.82 Å². The van der Waals surface area contributed by atoms with Crippen LogP contribution in [0.3, 0.4) is 0 Å². The van der Waals surface area contributed by atoms with Gasteiger partial charge < -0.3 is 10.0 Å². The number of benzene rings is 1. The highest BCUT2D eigenvalue weighted by Gasteiger charge is 2.33. The van der Waals surface area contributed by atoms with Crippen molar-refractivity contribution in [3.63, 3.8) is 0 Å². The number of carbonyl (C=O) groups excluding carboxylic acids is 1. The molecule has 2 atom stereocenters. The third-order valence-electron chi connectivity index (χ3n) is 4.68. The van der Waals surface area contributed by atoms with E-state index in [1.54, 1.807) is 4.90 Å². The van der Waals surface area contributed by atoms with Gasteiger partial charge in [-0.05, 0) is 37.5 Å². The van der Waals surface area contributed by atoms with Crippen molar-refractivity contribution in [1.82, 2.24) is 9.80 Å². The summed E-state index contributed by atoms with van der Waals surface area (Å²) in [7, 11) is 0. The van der Waals surface area contributed by atoms with E-state index in [4.69, 9.17) is 11.6 Å². The molecule has 1 saturated heterocycles. The van der Waals surface area contributed by atoms with Crippen molar-refractivity contribution in [2.24, 2.45) is 0 Å². The molecule has 120 valence electrons. The molecule has 2 aliphatic rings. The van der Waals surface area contributed by atoms with Crippen LogP contribution in [0.2, 0.25) is 5.02 Å². The van der Waals surface area contributed by atoms with Gasteiger partial charge in [-0.2, -0.15) is 0 Å². The molecule has 1 aliphatic carbocycles. The van der Waals surface area contributed by atoms with E-state index in [0.717, 1.165) is 32.4 Å². The summed E-state index contributed by atoms with van der Waals surface area (Å²) < 4.78 is 13.1. The Hall–Kier alpha value is -1.17. The van der Waals surface area contributed by atoms with Crippen LogP contribution in [0, 0.1) is 5.82 Å². The van der Waals surface area contributed by atoms with Crippen LogP contribution in [0.1, 0.15) is 29.6 Å². The summed E-state index contributed by atoms with van der Waals surface area (Å²) in [6.07, 6.45) is 2.72. The van der Waals surface area contributed by atoms with E-state index in [1.165, 1.54) is 18.2 Å². The molecule has 1 amide bonds. The second-order valence-corrected chi connectivity index (χ2v) is 6.43. The number of aliphatic hydroxyl groups excluding tert-OH is 1. The number of hydrogen-bond donors (Lipinski definition) is 1. The molecule has 0 radical (unpaired) electrons. The predicted octanol–water partition coefficient (Wildman–Crippen LogP) is 2.15. The topological polar surface area (TPSA) is 43.8 Å². The predicted molar refractivity (Wildman–Crippen MR) is 82.5 cm³/mol. The number of aliphatic hydroxyl groups is 1. The minimum atomic E-state index is -0.443. The van der Waals surface area contributed by atoms with E-state index in [9.17, 15) is 14.3 Å². The molecule has 1 aromatic carbocycles. The van der Waals surface area contributed by atoms with Gasteiger partial charge in [0.25, 0.3) is 5.91 Å². The fourth-order valence-corrected chi connectivity index (χ4v) is 3.68. The first-order chi connectivity index (χ1) is 10.6. The number of nitrogens with zero attached hydrogens (tertiary/aromatic N) is 2. The van der Waals surface area contributed by atoms with Crippen LogP contribution >= 0.6 is 11.6 Å². The van der Waals surface area contributed by atoms with Crippen LogP contribution in [0.25, 0.3) is 0 Å². The lowest BCUT2D eigenvalue weighted by molar-refractivity contribution is 0.0315. The summed E-state index contributed by atoms with van der Waals surface area (Å²) in [5.74, 6) is -0.599. The molecule has 0 unspecified atom stereocenters. The van der Waals surface area contributed by atoms with Crippen LogP contribution in [0.5, 0.6) is 0 Å². The molecule has 1 aromatic rings. The monoisotopic (exact) mass is 326 g/mol. The number of piperazine rings is 1. The summed E-state index contributed by atoms with van der Waals surface area (Å²) in [6, 6.07) is 4.09. The van der Waals surface area contributed by atoms with Crippen molar-refractivity contribution >= 4 is 17.5 Å². The molecule has 1 N–H and O–H groups in total. The van der Waals surface area contributed by atoms with Crippen molar-refractivity contribution in [2.75, 3.05) is 26.2 Å². The van der Waals surface area contributed by atoms with Gasteiger partial charge >= 0.3 is 0 Å². The Morgan fingerprint density at radius 3 is 2.55 bits per heavy atom. The molecular weight excluding hydrogens is 307 g/mol. The fourth-order valence-electron chi connectivity index (χ4n) is 3.44. The van der Waals surface area contributed by atoms with Crippen LogP contribution in [0.15, 0.2) is 18.2 Å². The lowest BCUT2D eigenvalue weighted by Crippen LogP contribution is -2.53. The summed E-state index contributed by atoms with van der Waals surface area (Å²) >= 11 is 5.96. The zero-order valence-corrected chi connectivity index (χ0v) is 13.1. The number of halogens is 2. The normalized spacial score (nSPS) is 26.4. The summed E-state index contributed by atoms with van der Waals surface area (Å²) in [5.41, 5.74) is 0.345. The first kappa shape index (κ1) is 15.7. The standard InChI is InChI=1S/C16H20ClFN2O2/c17-13-10-11(18)4-5-12(13)16(22)20-8-6-19(7-9-20)14-2-1-3-15(14)21/h4-5,10,14-15,21H,1-3,6-9H2/t14-,15+/m0/s1. The van der Waals surface area contributed by atoms with Crippen LogP contribution in [0.4, 0.5) is 4.39 Å². The van der Waals surface area contributed by atoms with Gasteiger partial charge in [0, 0.05) is 32.2 Å². The van der Waals surface area contributed by atoms with E-state index in [0.29, 0.717) is 18.7 Å². The molecule has 0 bridgehead atoms. The van der Waals surface area contributed by atoms with Crippen molar-refractivity contribution in [2.45, 2.75) is 31.4 Å². The summed E-state index contributed by atoms with van der Waals surface area (Å²) in [6.45, 7) is 2.73. The Balaban J connectivity index is 1.62. The highest BCUT2D eigenvalue weighted by atomic mass is 35.5. The molecular formula is C16H20ClFN2O2. The van der Waals surface area contributed by atoms with Crippen LogP contribution in [-0.4, -0.2) is 59.1 Å². The lowest BCUT2D eigenvalue weighted by Gasteiger charge is -2.39. The number of rotatable bonds is 2. The third-order valence-corrected chi connectivity index (χ3v) is 4.99. The minimum absolute atomic E-state index is 0.152. The van der Waals surface area contributed by atoms with Crippen molar-refractivity contribution in [3.05, 3.63) is 34.6 Å². The van der Waals surface area contributed by atoms with Gasteiger partial charge in [0.15, 0.2) is 0 Å².